The molecule has 0 fully saturated rings. The number of hydrogen-bond donors (Lipinski definition) is 2. The number of methoxy groups -OCH3 is 1. The molecule has 0 bridgehead atoms. The minimum atomic E-state index is -1.49. The van der Waals surface area contributed by atoms with Crippen LogP contribution >= 0.6 is 0 Å². The topological polar surface area (TPSA) is 88.8 Å². The van der Waals surface area contributed by atoms with Gasteiger partial charge in [0.1, 0.15) is 5.76 Å². The molecule has 0 spiro atoms. The molecular weight excluding hydrogens is 262 g/mol. The van der Waals surface area contributed by atoms with Crippen molar-refractivity contribution in [1.82, 2.24) is 5.32 Å². The second-order valence-corrected chi connectivity index (χ2v) is 4.79. The third-order valence-electron chi connectivity index (χ3n) is 3.12. The number of carboxylic acids is 1. The fourth-order valence-electron chi connectivity index (χ4n) is 1.93. The summed E-state index contributed by atoms with van der Waals surface area (Å²) in [5.74, 6) is -0.837. The Labute approximate surface area is 118 Å². The molecule has 1 aromatic rings. The lowest BCUT2D eigenvalue weighted by Crippen LogP contribution is -2.55. The number of aliphatic carboxylic acids is 1. The van der Waals surface area contributed by atoms with Crippen molar-refractivity contribution in [2.75, 3.05) is 13.7 Å². The summed E-state index contributed by atoms with van der Waals surface area (Å²) in [7, 11) is 1.38. The van der Waals surface area contributed by atoms with Crippen molar-refractivity contribution in [2.45, 2.75) is 39.2 Å². The summed E-state index contributed by atoms with van der Waals surface area (Å²) in [6, 6.07) is 1.66. The monoisotopic (exact) mass is 283 g/mol. The molecule has 0 aromatic carbocycles. The molecule has 0 aliphatic heterocycles. The van der Waals surface area contributed by atoms with Gasteiger partial charge in [0.2, 0.25) is 0 Å². The van der Waals surface area contributed by atoms with Crippen molar-refractivity contribution in [3.63, 3.8) is 0 Å². The van der Waals surface area contributed by atoms with Crippen LogP contribution in [0.3, 0.4) is 0 Å². The van der Waals surface area contributed by atoms with E-state index in [1.165, 1.54) is 14.0 Å². The molecule has 112 valence electrons. The van der Waals surface area contributed by atoms with Crippen molar-refractivity contribution in [3.8, 4) is 0 Å². The number of aryl methyl sites for hydroxylation is 2. The summed E-state index contributed by atoms with van der Waals surface area (Å²) in [5, 5.41) is 11.6. The van der Waals surface area contributed by atoms with Gasteiger partial charge in [-0.05, 0) is 25.0 Å². The molecule has 1 aromatic heterocycles. The normalized spacial score (nSPS) is 13.8. The van der Waals surface area contributed by atoms with Crippen molar-refractivity contribution in [1.29, 1.82) is 0 Å². The molecule has 0 aliphatic rings. The SMILES string of the molecule is CCc1cc(C(=O)NC(C)(COC)C(=O)O)oc1CC. The molecule has 6 nitrogen and oxygen atoms in total. The number of nitrogens with one attached hydrogen (secondary N) is 1. The highest BCUT2D eigenvalue weighted by Crippen LogP contribution is 2.18. The standard InChI is InChI=1S/C14H21NO5/c1-5-9-7-11(20-10(9)6-2)12(16)15-14(3,8-19-4)13(17)18/h7H,5-6,8H2,1-4H3,(H,15,16)(H,17,18). The van der Waals surface area contributed by atoms with Gasteiger partial charge in [0.25, 0.3) is 5.91 Å². The molecule has 6 heteroatoms. The number of carboxylic acid groups (broad SMARTS) is 1. The van der Waals surface area contributed by atoms with E-state index in [9.17, 15) is 14.7 Å². The molecular formula is C14H21NO5. The van der Waals surface area contributed by atoms with E-state index >= 15 is 0 Å². The van der Waals surface area contributed by atoms with Gasteiger partial charge in [0.15, 0.2) is 11.3 Å². The van der Waals surface area contributed by atoms with Crippen molar-refractivity contribution >= 4 is 11.9 Å². The number of rotatable bonds is 7. The van der Waals surface area contributed by atoms with Gasteiger partial charge in [0, 0.05) is 13.5 Å². The number of amides is 1. The fraction of sp³-hybridized carbons (Fsp3) is 0.571. The highest BCUT2D eigenvalue weighted by molar-refractivity contribution is 5.96. The maximum absolute atomic E-state index is 12.1. The van der Waals surface area contributed by atoms with Crippen LogP contribution in [0.1, 0.15) is 42.6 Å². The van der Waals surface area contributed by atoms with Crippen LogP contribution < -0.4 is 5.32 Å². The third-order valence-corrected chi connectivity index (χ3v) is 3.12. The molecule has 0 saturated carbocycles. The van der Waals surface area contributed by atoms with Crippen LogP contribution in [-0.4, -0.2) is 36.2 Å². The zero-order valence-electron chi connectivity index (χ0n) is 12.3. The van der Waals surface area contributed by atoms with Gasteiger partial charge >= 0.3 is 5.97 Å². The Kier molecular flexibility index (Phi) is 5.33. The summed E-state index contributed by atoms with van der Waals surface area (Å²) >= 11 is 0. The second-order valence-electron chi connectivity index (χ2n) is 4.79. The van der Waals surface area contributed by atoms with E-state index in [1.807, 2.05) is 13.8 Å². The molecule has 0 radical (unpaired) electrons. The van der Waals surface area contributed by atoms with Crippen molar-refractivity contribution in [3.05, 3.63) is 23.2 Å². The first-order chi connectivity index (χ1) is 9.37. The van der Waals surface area contributed by atoms with E-state index in [0.717, 1.165) is 17.7 Å². The number of hydrogen-bond acceptors (Lipinski definition) is 4. The summed E-state index contributed by atoms with van der Waals surface area (Å²) in [4.78, 5) is 23.4. The van der Waals surface area contributed by atoms with E-state index < -0.39 is 17.4 Å². The Balaban J connectivity index is 2.95. The highest BCUT2D eigenvalue weighted by Gasteiger charge is 2.36. The predicted octanol–water partition coefficient (Wildman–Crippen LogP) is 1.62. The van der Waals surface area contributed by atoms with Crippen molar-refractivity contribution < 1.29 is 23.8 Å². The highest BCUT2D eigenvalue weighted by atomic mass is 16.5. The summed E-state index contributed by atoms with van der Waals surface area (Å²) in [6.07, 6.45) is 1.44. The predicted molar refractivity (Wildman–Crippen MR) is 72.8 cm³/mol. The molecule has 1 unspecified atom stereocenters. The first kappa shape index (κ1) is 16.2. The lowest BCUT2D eigenvalue weighted by molar-refractivity contribution is -0.145. The minimum Gasteiger partial charge on any atom is -0.479 e. The lowest BCUT2D eigenvalue weighted by Gasteiger charge is -2.24. The van der Waals surface area contributed by atoms with E-state index in [4.69, 9.17) is 9.15 Å². The Bertz CT molecular complexity index is 472. The second kappa shape index (κ2) is 6.56. The van der Waals surface area contributed by atoms with E-state index in [-0.39, 0.29) is 12.4 Å². The lowest BCUT2D eigenvalue weighted by atomic mass is 10.0. The van der Waals surface area contributed by atoms with Crippen molar-refractivity contribution in [2.24, 2.45) is 0 Å². The average Bonchev–Trinajstić information content (AvgIpc) is 2.82. The zero-order valence-corrected chi connectivity index (χ0v) is 12.3. The third kappa shape index (κ3) is 3.39. The summed E-state index contributed by atoms with van der Waals surface area (Å²) in [6.45, 7) is 5.17. The van der Waals surface area contributed by atoms with Crippen LogP contribution in [0, 0.1) is 0 Å². The molecule has 1 atom stereocenters. The molecule has 2 N–H and O–H groups in total. The molecule has 1 rings (SSSR count). The van der Waals surface area contributed by atoms with E-state index in [2.05, 4.69) is 5.32 Å². The van der Waals surface area contributed by atoms with Crippen LogP contribution in [-0.2, 0) is 22.4 Å². The number of carbonyl (C=O) groups excluding carboxylic acids is 1. The zero-order chi connectivity index (χ0) is 15.3. The molecule has 1 amide bonds. The van der Waals surface area contributed by atoms with Gasteiger partial charge in [-0.1, -0.05) is 13.8 Å². The largest absolute Gasteiger partial charge is 0.479 e. The average molecular weight is 283 g/mol. The first-order valence-electron chi connectivity index (χ1n) is 6.54. The molecule has 1 heterocycles. The Morgan fingerprint density at radius 2 is 2.05 bits per heavy atom. The summed E-state index contributed by atoms with van der Waals surface area (Å²) < 4.78 is 10.3. The van der Waals surface area contributed by atoms with Crippen LogP contribution in [0.4, 0.5) is 0 Å². The van der Waals surface area contributed by atoms with Gasteiger partial charge in [-0.25, -0.2) is 4.79 Å². The van der Waals surface area contributed by atoms with E-state index in [0.29, 0.717) is 6.42 Å². The quantitative estimate of drug-likeness (QED) is 0.794. The van der Waals surface area contributed by atoms with Gasteiger partial charge in [-0.2, -0.15) is 0 Å². The number of furan rings is 1. The first-order valence-corrected chi connectivity index (χ1v) is 6.54. The van der Waals surface area contributed by atoms with Gasteiger partial charge in [-0.3, -0.25) is 4.79 Å². The molecule has 0 saturated heterocycles. The molecule has 0 aliphatic carbocycles. The van der Waals surface area contributed by atoms with Crippen LogP contribution in [0.2, 0.25) is 0 Å². The minimum absolute atomic E-state index is 0.127. The fourth-order valence-corrected chi connectivity index (χ4v) is 1.93. The maximum Gasteiger partial charge on any atom is 0.331 e. The Hall–Kier alpha value is -1.82. The van der Waals surface area contributed by atoms with Gasteiger partial charge < -0.3 is 19.6 Å². The van der Waals surface area contributed by atoms with Crippen LogP contribution in [0.5, 0.6) is 0 Å². The number of ether oxygens (including phenoxy) is 1. The Morgan fingerprint density at radius 3 is 2.45 bits per heavy atom. The van der Waals surface area contributed by atoms with E-state index in [1.54, 1.807) is 6.07 Å². The van der Waals surface area contributed by atoms with Gasteiger partial charge in [-0.15, -0.1) is 0 Å². The molecule has 20 heavy (non-hydrogen) atoms. The number of carbonyl (C=O) groups is 2. The van der Waals surface area contributed by atoms with Gasteiger partial charge in [0.05, 0.1) is 6.61 Å². The van der Waals surface area contributed by atoms with Crippen LogP contribution in [0.25, 0.3) is 0 Å². The maximum atomic E-state index is 12.1. The summed E-state index contributed by atoms with van der Waals surface area (Å²) in [5.41, 5.74) is -0.529. The smallest absolute Gasteiger partial charge is 0.331 e. The Morgan fingerprint density at radius 1 is 1.40 bits per heavy atom. The van der Waals surface area contributed by atoms with Crippen LogP contribution in [0.15, 0.2) is 10.5 Å².